The van der Waals surface area contributed by atoms with Gasteiger partial charge < -0.3 is 18.9 Å². The summed E-state index contributed by atoms with van der Waals surface area (Å²) >= 11 is 6.89. The number of halogens is 9. The van der Waals surface area contributed by atoms with E-state index in [0.717, 1.165) is 49.2 Å². The van der Waals surface area contributed by atoms with Gasteiger partial charge >= 0.3 is 30.3 Å². The number of thioether (sulfide) groups is 1. The molecule has 2 heterocycles. The molecule has 0 saturated carbocycles. The van der Waals surface area contributed by atoms with E-state index in [9.17, 15) is 59.6 Å². The number of aromatic nitrogens is 1. The lowest BCUT2D eigenvalue weighted by Gasteiger charge is -2.22. The molecule has 12 nitrogen and oxygen atoms in total. The zero-order valence-electron chi connectivity index (χ0n) is 29.5. The summed E-state index contributed by atoms with van der Waals surface area (Å²) in [6, 6.07) is 5.35. The van der Waals surface area contributed by atoms with Gasteiger partial charge in [-0.1, -0.05) is 25.4 Å². The Balaban J connectivity index is 0.000000303. The predicted molar refractivity (Wildman–Crippen MR) is 184 cm³/mol. The number of nitro benzene ring substituents is 1. The molecule has 56 heavy (non-hydrogen) atoms. The predicted octanol–water partition coefficient (Wildman–Crippen LogP) is 9.30. The van der Waals surface area contributed by atoms with Gasteiger partial charge in [0.2, 0.25) is 0 Å². The second kappa shape index (κ2) is 19.2. The van der Waals surface area contributed by atoms with Crippen molar-refractivity contribution in [2.24, 2.45) is 10.9 Å². The number of alkyl halides is 8. The van der Waals surface area contributed by atoms with Gasteiger partial charge in [0.15, 0.2) is 12.3 Å². The summed E-state index contributed by atoms with van der Waals surface area (Å²) in [6.07, 6.45) is -13.0. The van der Waals surface area contributed by atoms with E-state index in [-0.39, 0.29) is 46.1 Å². The number of ether oxygens (including phenoxy) is 4. The minimum Gasteiger partial charge on any atom is -0.465 e. The number of aliphatic imine (C=N–C) groups is 1. The van der Waals surface area contributed by atoms with E-state index in [2.05, 4.69) is 19.5 Å². The highest BCUT2D eigenvalue weighted by atomic mass is 35.5. The van der Waals surface area contributed by atoms with Gasteiger partial charge in [-0.05, 0) is 49.1 Å². The van der Waals surface area contributed by atoms with Crippen molar-refractivity contribution < 1.29 is 73.4 Å². The average molecular weight is 844 g/mol. The molecule has 0 unspecified atom stereocenters. The molecule has 22 heteroatoms. The summed E-state index contributed by atoms with van der Waals surface area (Å²) in [6.45, 7) is 4.56. The van der Waals surface area contributed by atoms with Crippen LogP contribution in [0.2, 0.25) is 5.02 Å². The highest BCUT2D eigenvalue weighted by molar-refractivity contribution is 8.14. The van der Waals surface area contributed by atoms with Crippen LogP contribution in [-0.2, 0) is 37.8 Å². The minimum absolute atomic E-state index is 0.0231. The molecule has 0 saturated heterocycles. The van der Waals surface area contributed by atoms with Crippen LogP contribution < -0.4 is 4.74 Å². The number of nitrogens with zero attached hydrogens (tertiary/aromatic N) is 3. The number of rotatable bonds is 12. The standard InChI is InChI=1S/C18H13ClF3NO7.C16H17F5N2O2S/c1-2-28-16(24)9-29-17(25)12-8-11(4-5-14(12)23(26)27)30-15-6-3-10(7-13(15)19)18(20,21)22;1-7(2)6-8-9(15(24)25-3)11(13(17)18)23-12(16(19,20)21)10(8)14-22-4-5-26-14/h3-8H,2,9H2,1H3;7,13H,4-6H2,1-3H3. The maximum absolute atomic E-state index is 13.6. The number of pyridine rings is 1. The number of carbonyl (C=O) groups excluding carboxylic acids is 3. The van der Waals surface area contributed by atoms with Gasteiger partial charge in [-0.15, -0.1) is 11.8 Å². The first-order valence-corrected chi connectivity index (χ1v) is 17.3. The Labute approximate surface area is 321 Å². The summed E-state index contributed by atoms with van der Waals surface area (Å²) in [7, 11) is 0.982. The number of methoxy groups -OCH3 is 1. The van der Waals surface area contributed by atoms with Crippen molar-refractivity contribution in [1.29, 1.82) is 0 Å². The third kappa shape index (κ3) is 11.7. The zero-order chi connectivity index (χ0) is 42.1. The molecule has 0 N–H and O–H groups in total. The van der Waals surface area contributed by atoms with E-state index >= 15 is 0 Å². The molecular formula is C34H30ClF8N3O9S. The number of benzene rings is 2. The number of nitro groups is 1. The van der Waals surface area contributed by atoms with Crippen LogP contribution in [0.4, 0.5) is 40.8 Å². The molecule has 3 aromatic rings. The summed E-state index contributed by atoms with van der Waals surface area (Å²) in [4.78, 5) is 53.1. The molecule has 0 aliphatic carbocycles. The average Bonchev–Trinajstić information content (AvgIpc) is 3.64. The van der Waals surface area contributed by atoms with Crippen LogP contribution in [-0.4, -0.2) is 65.5 Å². The minimum atomic E-state index is -4.97. The smallest absolute Gasteiger partial charge is 0.434 e. The van der Waals surface area contributed by atoms with Crippen LogP contribution in [0.25, 0.3) is 0 Å². The van der Waals surface area contributed by atoms with E-state index in [0.29, 0.717) is 18.4 Å². The lowest BCUT2D eigenvalue weighted by atomic mass is 9.91. The summed E-state index contributed by atoms with van der Waals surface area (Å²) < 4.78 is 125. The molecule has 0 bridgehead atoms. The van der Waals surface area contributed by atoms with Gasteiger partial charge in [0, 0.05) is 30.0 Å². The number of hydrogen-bond acceptors (Lipinski definition) is 12. The maximum Gasteiger partial charge on any atom is 0.434 e. The van der Waals surface area contributed by atoms with E-state index in [1.807, 2.05) is 0 Å². The molecule has 4 rings (SSSR count). The molecule has 1 aliphatic heterocycles. The molecule has 1 aromatic heterocycles. The van der Waals surface area contributed by atoms with E-state index in [1.165, 1.54) is 6.92 Å². The van der Waals surface area contributed by atoms with Gasteiger partial charge in [0.1, 0.15) is 27.8 Å². The van der Waals surface area contributed by atoms with Crippen LogP contribution in [0.15, 0.2) is 41.4 Å². The van der Waals surface area contributed by atoms with Crippen molar-refractivity contribution in [2.75, 3.05) is 32.6 Å². The highest BCUT2D eigenvalue weighted by Crippen LogP contribution is 2.41. The lowest BCUT2D eigenvalue weighted by molar-refractivity contribution is -0.385. The van der Waals surface area contributed by atoms with Gasteiger partial charge in [-0.25, -0.2) is 28.1 Å². The van der Waals surface area contributed by atoms with Crippen molar-refractivity contribution in [1.82, 2.24) is 4.98 Å². The van der Waals surface area contributed by atoms with E-state index in [1.54, 1.807) is 13.8 Å². The second-order valence-corrected chi connectivity index (χ2v) is 13.1. The quantitative estimate of drug-likeness (QED) is 0.0563. The fourth-order valence-electron chi connectivity index (χ4n) is 4.87. The van der Waals surface area contributed by atoms with Crippen molar-refractivity contribution in [3.8, 4) is 11.5 Å². The Hall–Kier alpha value is -5.05. The first-order chi connectivity index (χ1) is 26.1. The maximum atomic E-state index is 13.6. The Morgan fingerprint density at radius 3 is 2.18 bits per heavy atom. The number of carbonyl (C=O) groups is 3. The van der Waals surface area contributed by atoms with Crippen LogP contribution >= 0.6 is 23.4 Å². The molecule has 0 amide bonds. The van der Waals surface area contributed by atoms with E-state index < -0.39 is 87.5 Å². The van der Waals surface area contributed by atoms with Gasteiger partial charge in [-0.3, -0.25) is 15.1 Å². The molecule has 1 aliphatic rings. The van der Waals surface area contributed by atoms with Crippen molar-refractivity contribution >= 4 is 52.0 Å². The normalized spacial score (nSPS) is 12.8. The summed E-state index contributed by atoms with van der Waals surface area (Å²) in [5.41, 5.74) is -5.95. The lowest BCUT2D eigenvalue weighted by Crippen LogP contribution is -2.24. The summed E-state index contributed by atoms with van der Waals surface area (Å²) in [5, 5.41) is 10.9. The monoisotopic (exact) mass is 843 g/mol. The number of esters is 3. The zero-order valence-corrected chi connectivity index (χ0v) is 31.1. The van der Waals surface area contributed by atoms with Crippen molar-refractivity contribution in [3.05, 3.63) is 90.7 Å². The van der Waals surface area contributed by atoms with Crippen LogP contribution in [0.1, 0.15) is 76.0 Å². The fraction of sp³-hybridized carbons (Fsp3) is 0.382. The third-order valence-electron chi connectivity index (χ3n) is 7.10. The molecule has 0 atom stereocenters. The van der Waals surface area contributed by atoms with Crippen molar-refractivity contribution in [2.45, 2.75) is 46.0 Å². The Morgan fingerprint density at radius 2 is 1.68 bits per heavy atom. The largest absolute Gasteiger partial charge is 0.465 e. The molecule has 2 aromatic carbocycles. The molecule has 304 valence electrons. The van der Waals surface area contributed by atoms with Crippen LogP contribution in [0.3, 0.4) is 0 Å². The number of hydrogen-bond donors (Lipinski definition) is 0. The van der Waals surface area contributed by atoms with Crippen LogP contribution in [0, 0.1) is 16.0 Å². The first kappa shape index (κ1) is 45.3. The SMILES string of the molecule is CCOC(=O)COC(=O)c1cc(Oc2ccc(C(F)(F)F)cc2Cl)ccc1[N+](=O)[O-].COC(=O)c1c(C(F)F)nc(C(F)(F)F)c(C2=NCCS2)c1CC(C)C. The van der Waals surface area contributed by atoms with Crippen LogP contribution in [0.5, 0.6) is 11.5 Å². The molecule has 0 radical (unpaired) electrons. The molecular weight excluding hydrogens is 814 g/mol. The van der Waals surface area contributed by atoms with Gasteiger partial charge in [-0.2, -0.15) is 26.3 Å². The second-order valence-electron chi connectivity index (χ2n) is 11.6. The van der Waals surface area contributed by atoms with Gasteiger partial charge in [0.25, 0.3) is 12.1 Å². The highest BCUT2D eigenvalue weighted by Gasteiger charge is 2.42. The Morgan fingerprint density at radius 1 is 1.00 bits per heavy atom. The molecule has 0 fully saturated rings. The Kier molecular flexibility index (Phi) is 15.5. The van der Waals surface area contributed by atoms with Crippen molar-refractivity contribution in [3.63, 3.8) is 0 Å². The van der Waals surface area contributed by atoms with E-state index in [4.69, 9.17) is 21.1 Å². The summed E-state index contributed by atoms with van der Waals surface area (Å²) in [5.74, 6) is -3.22. The topological polar surface area (TPSA) is 157 Å². The molecule has 0 spiro atoms. The fourth-order valence-corrected chi connectivity index (χ4v) is 6.01. The Bertz CT molecular complexity index is 1990. The third-order valence-corrected chi connectivity index (χ3v) is 8.39. The van der Waals surface area contributed by atoms with Gasteiger partial charge in [0.05, 0.1) is 34.8 Å². The first-order valence-electron chi connectivity index (χ1n) is 15.9.